The second-order valence-corrected chi connectivity index (χ2v) is 3.61. The van der Waals surface area contributed by atoms with E-state index in [9.17, 15) is 9.59 Å². The molecule has 74 valence electrons. The fourth-order valence-corrected chi connectivity index (χ4v) is 1.36. The van der Waals surface area contributed by atoms with E-state index in [0.29, 0.717) is 6.54 Å². The van der Waals surface area contributed by atoms with Crippen molar-refractivity contribution in [3.63, 3.8) is 0 Å². The van der Waals surface area contributed by atoms with Crippen LogP contribution in [0.15, 0.2) is 0 Å². The Bertz CT molecular complexity index is 228. The van der Waals surface area contributed by atoms with Crippen LogP contribution >= 0.6 is 0 Å². The minimum Gasteiger partial charge on any atom is -0.321 e. The normalized spacial score (nSPS) is 25.8. The van der Waals surface area contributed by atoms with Gasteiger partial charge in [-0.3, -0.25) is 10.1 Å². The summed E-state index contributed by atoms with van der Waals surface area (Å²) >= 11 is 0. The fraction of sp³-hybridized carbons (Fsp3) is 0.778. The van der Waals surface area contributed by atoms with Crippen molar-refractivity contribution in [2.45, 2.75) is 33.2 Å². The van der Waals surface area contributed by atoms with Gasteiger partial charge in [0.05, 0.1) is 5.92 Å². The maximum absolute atomic E-state index is 11.3. The molecule has 0 radical (unpaired) electrons. The summed E-state index contributed by atoms with van der Waals surface area (Å²) < 4.78 is 0. The summed E-state index contributed by atoms with van der Waals surface area (Å²) in [5.41, 5.74) is 0. The first-order valence-corrected chi connectivity index (χ1v) is 4.67. The number of hydrogen-bond acceptors (Lipinski definition) is 2. The minimum absolute atomic E-state index is 0.0910. The van der Waals surface area contributed by atoms with Crippen molar-refractivity contribution in [1.29, 1.82) is 0 Å². The molecule has 0 saturated carbocycles. The molecular weight excluding hydrogens is 168 g/mol. The first kappa shape index (κ1) is 10.0. The smallest absolute Gasteiger partial charge is 0.321 e. The van der Waals surface area contributed by atoms with Crippen LogP contribution in [-0.2, 0) is 4.79 Å². The van der Waals surface area contributed by atoms with Gasteiger partial charge in [-0.1, -0.05) is 13.8 Å². The summed E-state index contributed by atoms with van der Waals surface area (Å²) in [5, 5.41) is 2.34. The zero-order valence-electron chi connectivity index (χ0n) is 8.33. The van der Waals surface area contributed by atoms with E-state index < -0.39 is 0 Å². The van der Waals surface area contributed by atoms with E-state index in [0.717, 1.165) is 6.42 Å². The van der Waals surface area contributed by atoms with Gasteiger partial charge in [0, 0.05) is 12.6 Å². The largest absolute Gasteiger partial charge is 0.324 e. The fourth-order valence-electron chi connectivity index (χ4n) is 1.36. The van der Waals surface area contributed by atoms with Gasteiger partial charge in [-0.2, -0.15) is 0 Å². The van der Waals surface area contributed by atoms with E-state index in [1.807, 2.05) is 20.8 Å². The molecule has 0 aromatic carbocycles. The molecule has 0 aliphatic carbocycles. The van der Waals surface area contributed by atoms with Gasteiger partial charge in [0.1, 0.15) is 0 Å². The van der Waals surface area contributed by atoms with Crippen LogP contribution in [0.3, 0.4) is 0 Å². The van der Waals surface area contributed by atoms with Gasteiger partial charge in [-0.25, -0.2) is 4.79 Å². The highest BCUT2D eigenvalue weighted by Crippen LogP contribution is 2.12. The lowest BCUT2D eigenvalue weighted by Crippen LogP contribution is -2.56. The molecule has 2 unspecified atom stereocenters. The molecule has 4 nitrogen and oxygen atoms in total. The van der Waals surface area contributed by atoms with Crippen molar-refractivity contribution in [3.8, 4) is 0 Å². The summed E-state index contributed by atoms with van der Waals surface area (Å²) in [6.07, 6.45) is 0.911. The van der Waals surface area contributed by atoms with Crippen molar-refractivity contribution in [1.82, 2.24) is 10.2 Å². The Balaban J connectivity index is 2.66. The molecule has 1 N–H and O–H groups in total. The second kappa shape index (κ2) is 3.77. The molecular formula is C9H16N2O2. The third-order valence-electron chi connectivity index (χ3n) is 2.53. The van der Waals surface area contributed by atoms with Crippen LogP contribution in [-0.4, -0.2) is 29.4 Å². The maximum atomic E-state index is 11.3. The van der Waals surface area contributed by atoms with Crippen LogP contribution in [0.25, 0.3) is 0 Å². The molecule has 3 amide bonds. The summed E-state index contributed by atoms with van der Waals surface area (Å²) in [6, 6.07) is -0.0481. The van der Waals surface area contributed by atoms with Crippen LogP contribution in [0.5, 0.6) is 0 Å². The van der Waals surface area contributed by atoms with Crippen molar-refractivity contribution in [2.24, 2.45) is 5.92 Å². The van der Waals surface area contributed by atoms with E-state index in [2.05, 4.69) is 5.32 Å². The molecule has 0 spiro atoms. The van der Waals surface area contributed by atoms with Gasteiger partial charge < -0.3 is 4.90 Å². The second-order valence-electron chi connectivity index (χ2n) is 3.61. The van der Waals surface area contributed by atoms with Crippen molar-refractivity contribution in [2.75, 3.05) is 6.54 Å². The quantitative estimate of drug-likeness (QED) is 0.695. The number of carbonyl (C=O) groups excluding carboxylic acids is 2. The Morgan fingerprint density at radius 2 is 2.23 bits per heavy atom. The molecule has 0 aromatic rings. The average molecular weight is 184 g/mol. The number of amides is 3. The SMILES string of the molecule is CCC(C)N1CC(C)C(=O)NC1=O. The summed E-state index contributed by atoms with van der Waals surface area (Å²) in [7, 11) is 0. The van der Waals surface area contributed by atoms with Crippen molar-refractivity contribution < 1.29 is 9.59 Å². The van der Waals surface area contributed by atoms with Gasteiger partial charge in [0.25, 0.3) is 0 Å². The lowest BCUT2D eigenvalue weighted by Gasteiger charge is -2.34. The summed E-state index contributed by atoms with van der Waals surface area (Å²) in [5.74, 6) is -0.253. The predicted octanol–water partition coefficient (Wildman–Crippen LogP) is 0.973. The Hall–Kier alpha value is -1.06. The van der Waals surface area contributed by atoms with E-state index in [1.165, 1.54) is 0 Å². The zero-order valence-corrected chi connectivity index (χ0v) is 8.33. The Morgan fingerprint density at radius 3 is 2.77 bits per heavy atom. The van der Waals surface area contributed by atoms with Crippen LogP contribution in [0.2, 0.25) is 0 Å². The number of hydrogen-bond donors (Lipinski definition) is 1. The highest BCUT2D eigenvalue weighted by Gasteiger charge is 2.30. The van der Waals surface area contributed by atoms with E-state index in [1.54, 1.807) is 4.90 Å². The Labute approximate surface area is 78.3 Å². The van der Waals surface area contributed by atoms with E-state index in [-0.39, 0.29) is 23.9 Å². The molecule has 1 heterocycles. The molecule has 0 bridgehead atoms. The predicted molar refractivity (Wildman–Crippen MR) is 49.2 cm³/mol. The third-order valence-corrected chi connectivity index (χ3v) is 2.53. The van der Waals surface area contributed by atoms with Gasteiger partial charge in [-0.05, 0) is 13.3 Å². The first-order chi connectivity index (χ1) is 6.06. The molecule has 0 aromatic heterocycles. The van der Waals surface area contributed by atoms with Crippen LogP contribution in [0.1, 0.15) is 27.2 Å². The van der Waals surface area contributed by atoms with E-state index in [4.69, 9.17) is 0 Å². The number of carbonyl (C=O) groups is 2. The lowest BCUT2D eigenvalue weighted by molar-refractivity contribution is -0.125. The van der Waals surface area contributed by atoms with Gasteiger partial charge in [0.2, 0.25) is 5.91 Å². The molecule has 1 rings (SSSR count). The number of urea groups is 1. The topological polar surface area (TPSA) is 49.4 Å². The number of rotatable bonds is 2. The average Bonchev–Trinajstić information content (AvgIpc) is 2.10. The van der Waals surface area contributed by atoms with Crippen molar-refractivity contribution >= 4 is 11.9 Å². The molecule has 2 atom stereocenters. The van der Waals surface area contributed by atoms with Gasteiger partial charge in [0.15, 0.2) is 0 Å². The molecule has 1 fully saturated rings. The highest BCUT2D eigenvalue weighted by atomic mass is 16.2. The van der Waals surface area contributed by atoms with Crippen LogP contribution < -0.4 is 5.32 Å². The molecule has 4 heteroatoms. The molecule has 1 aliphatic heterocycles. The standard InChI is InChI=1S/C9H16N2O2/c1-4-7(3)11-5-6(2)8(12)10-9(11)13/h6-7H,4-5H2,1-3H3,(H,10,12,13). The number of imide groups is 1. The molecule has 1 aliphatic rings. The van der Waals surface area contributed by atoms with Crippen LogP contribution in [0, 0.1) is 5.92 Å². The molecule has 13 heavy (non-hydrogen) atoms. The van der Waals surface area contributed by atoms with E-state index >= 15 is 0 Å². The maximum Gasteiger partial charge on any atom is 0.324 e. The molecule has 1 saturated heterocycles. The Kier molecular flexibility index (Phi) is 2.90. The monoisotopic (exact) mass is 184 g/mol. The minimum atomic E-state index is -0.252. The zero-order chi connectivity index (χ0) is 10.0. The highest BCUT2D eigenvalue weighted by molar-refractivity contribution is 5.97. The number of nitrogens with one attached hydrogen (secondary N) is 1. The van der Waals surface area contributed by atoms with Gasteiger partial charge >= 0.3 is 6.03 Å². The Morgan fingerprint density at radius 1 is 1.62 bits per heavy atom. The lowest BCUT2D eigenvalue weighted by atomic mass is 10.1. The first-order valence-electron chi connectivity index (χ1n) is 4.67. The van der Waals surface area contributed by atoms with Crippen LogP contribution in [0.4, 0.5) is 4.79 Å². The summed E-state index contributed by atoms with van der Waals surface area (Å²) in [4.78, 5) is 24.2. The van der Waals surface area contributed by atoms with Gasteiger partial charge in [-0.15, -0.1) is 0 Å². The summed E-state index contributed by atoms with van der Waals surface area (Å²) in [6.45, 7) is 6.39. The third kappa shape index (κ3) is 1.99. The van der Waals surface area contributed by atoms with Crippen molar-refractivity contribution in [3.05, 3.63) is 0 Å². The number of nitrogens with zero attached hydrogens (tertiary/aromatic N) is 1.